The van der Waals surface area contributed by atoms with Crippen molar-refractivity contribution in [2.45, 2.75) is 68.2 Å². The van der Waals surface area contributed by atoms with E-state index in [4.69, 9.17) is 4.98 Å². The summed E-state index contributed by atoms with van der Waals surface area (Å²) in [7, 11) is 0. The number of hydrogen-bond donors (Lipinski definition) is 4. The van der Waals surface area contributed by atoms with Crippen LogP contribution in [0.25, 0.3) is 11.2 Å². The molecule has 6 atom stereocenters. The summed E-state index contributed by atoms with van der Waals surface area (Å²) in [5.41, 5.74) is 2.37. The first-order valence-electron chi connectivity index (χ1n) is 11.2. The van der Waals surface area contributed by atoms with E-state index in [2.05, 4.69) is 51.8 Å². The van der Waals surface area contributed by atoms with Crippen molar-refractivity contribution in [3.8, 4) is 0 Å². The van der Waals surface area contributed by atoms with E-state index in [1.807, 2.05) is 6.07 Å². The van der Waals surface area contributed by atoms with Gasteiger partial charge in [-0.2, -0.15) is 0 Å². The fraction of sp³-hybridized carbons (Fsp3) is 0.545. The second kappa shape index (κ2) is 8.93. The first-order chi connectivity index (χ1) is 15.5. The topological polar surface area (TPSA) is 129 Å². The van der Waals surface area contributed by atoms with Crippen molar-refractivity contribution in [2.24, 2.45) is 5.92 Å². The van der Waals surface area contributed by atoms with Gasteiger partial charge in [0.05, 0.1) is 12.1 Å². The van der Waals surface area contributed by atoms with Crippen LogP contribution >= 0.6 is 11.8 Å². The van der Waals surface area contributed by atoms with Crippen LogP contribution in [-0.4, -0.2) is 70.4 Å². The van der Waals surface area contributed by atoms with Gasteiger partial charge in [-0.05, 0) is 30.7 Å². The Kier molecular flexibility index (Phi) is 6.02. The van der Waals surface area contributed by atoms with Crippen LogP contribution in [0.15, 0.2) is 35.5 Å². The van der Waals surface area contributed by atoms with Gasteiger partial charge in [-0.1, -0.05) is 54.2 Å². The average Bonchev–Trinajstić information content (AvgIpc) is 3.28. The maximum atomic E-state index is 10.4. The highest BCUT2D eigenvalue weighted by molar-refractivity contribution is 7.99. The van der Waals surface area contributed by atoms with Crippen molar-refractivity contribution < 1.29 is 15.3 Å². The molecule has 2 aliphatic rings. The van der Waals surface area contributed by atoms with Gasteiger partial charge in [-0.25, -0.2) is 14.6 Å². The lowest BCUT2D eigenvalue weighted by molar-refractivity contribution is -0.0253. The van der Waals surface area contributed by atoms with E-state index in [9.17, 15) is 15.3 Å². The highest BCUT2D eigenvalue weighted by Gasteiger charge is 2.43. The average molecular weight is 457 g/mol. The zero-order chi connectivity index (χ0) is 22.2. The monoisotopic (exact) mass is 456 g/mol. The van der Waals surface area contributed by atoms with Gasteiger partial charge in [-0.3, -0.25) is 0 Å². The largest absolute Gasteiger partial charge is 0.390 e. The number of fused-ring (bicyclic) bond motifs is 1. The maximum Gasteiger partial charge on any atom is 0.191 e. The molecule has 2 heterocycles. The number of nitrogens with one attached hydrogen (secondary N) is 1. The Bertz CT molecular complexity index is 1080. The molecule has 5 rings (SSSR count). The number of aliphatic hydroxyl groups is 3. The quantitative estimate of drug-likeness (QED) is 0.296. The van der Waals surface area contributed by atoms with Gasteiger partial charge in [0.2, 0.25) is 0 Å². The van der Waals surface area contributed by atoms with Gasteiger partial charge in [0.25, 0.3) is 0 Å². The molecule has 170 valence electrons. The van der Waals surface area contributed by atoms with E-state index in [0.29, 0.717) is 34.1 Å². The van der Waals surface area contributed by atoms with Gasteiger partial charge in [0.1, 0.15) is 12.2 Å². The molecule has 2 aliphatic carbocycles. The SMILES string of the molecule is CCCSc1nc(N[C@@H]2C[C@H]2Cc2ccccc2)c2nnn([C@@H]3C[C@H](O)[C@@H](O)[C@H]3O)c2n1. The lowest BCUT2D eigenvalue weighted by atomic mass is 10.1. The second-order valence-electron chi connectivity index (χ2n) is 8.70. The van der Waals surface area contributed by atoms with Crippen LogP contribution in [0.5, 0.6) is 0 Å². The number of thioether (sulfide) groups is 1. The normalized spacial score (nSPS) is 29.5. The van der Waals surface area contributed by atoms with Crippen LogP contribution in [0.1, 0.15) is 37.8 Å². The van der Waals surface area contributed by atoms with Crippen molar-refractivity contribution in [3.05, 3.63) is 35.9 Å². The van der Waals surface area contributed by atoms with Gasteiger partial charge in [-0.15, -0.1) is 5.10 Å². The molecule has 9 nitrogen and oxygen atoms in total. The first-order valence-corrected chi connectivity index (χ1v) is 12.1. The van der Waals surface area contributed by atoms with Crippen LogP contribution in [0.3, 0.4) is 0 Å². The Hall–Kier alpha value is -2.27. The first kappa shape index (κ1) is 21.6. The standard InChI is InChI=1S/C22H28N6O3S/c1-2-8-32-22-24-20(23-14-10-13(14)9-12-6-4-3-5-7-12)17-21(25-22)28(27-26-17)15-11-16(29)19(31)18(15)30/h3-7,13-16,18-19,29-31H,2,8-11H2,1H3,(H,23,24,25)/t13-,14-,15-,16+,18+,19-/m1/s1. The molecule has 32 heavy (non-hydrogen) atoms. The lowest BCUT2D eigenvalue weighted by Gasteiger charge is -2.16. The van der Waals surface area contributed by atoms with Crippen molar-refractivity contribution >= 4 is 28.7 Å². The number of anilines is 1. The summed E-state index contributed by atoms with van der Waals surface area (Å²) in [5.74, 6) is 2.07. The highest BCUT2D eigenvalue weighted by Crippen LogP contribution is 2.38. The van der Waals surface area contributed by atoms with Gasteiger partial charge in [0, 0.05) is 18.2 Å². The van der Waals surface area contributed by atoms with E-state index in [1.54, 1.807) is 11.8 Å². The zero-order valence-electron chi connectivity index (χ0n) is 17.9. The molecule has 0 saturated heterocycles. The van der Waals surface area contributed by atoms with Crippen molar-refractivity contribution in [1.29, 1.82) is 0 Å². The Balaban J connectivity index is 1.41. The molecule has 0 spiro atoms. The van der Waals surface area contributed by atoms with Gasteiger partial charge in [0.15, 0.2) is 22.1 Å². The zero-order valence-corrected chi connectivity index (χ0v) is 18.7. The van der Waals surface area contributed by atoms with Crippen LogP contribution < -0.4 is 5.32 Å². The molecule has 0 amide bonds. The fourth-order valence-electron chi connectivity index (χ4n) is 4.36. The third kappa shape index (κ3) is 4.19. The van der Waals surface area contributed by atoms with Crippen LogP contribution in [0.2, 0.25) is 0 Å². The Morgan fingerprint density at radius 3 is 2.62 bits per heavy atom. The van der Waals surface area contributed by atoms with Crippen LogP contribution in [0.4, 0.5) is 5.82 Å². The second-order valence-corrected chi connectivity index (χ2v) is 9.76. The fourth-order valence-corrected chi connectivity index (χ4v) is 5.05. The molecule has 3 aromatic rings. The molecule has 2 saturated carbocycles. The minimum Gasteiger partial charge on any atom is -0.390 e. The third-order valence-electron chi connectivity index (χ3n) is 6.26. The molecular weight excluding hydrogens is 428 g/mol. The summed E-state index contributed by atoms with van der Waals surface area (Å²) < 4.78 is 1.52. The maximum absolute atomic E-state index is 10.4. The molecule has 1 aromatic carbocycles. The van der Waals surface area contributed by atoms with E-state index in [1.165, 1.54) is 10.2 Å². The number of rotatable bonds is 8. The van der Waals surface area contributed by atoms with Gasteiger partial charge >= 0.3 is 0 Å². The van der Waals surface area contributed by atoms with Gasteiger partial charge < -0.3 is 20.6 Å². The van der Waals surface area contributed by atoms with E-state index >= 15 is 0 Å². The third-order valence-corrected chi connectivity index (χ3v) is 7.31. The van der Waals surface area contributed by atoms with E-state index in [0.717, 1.165) is 25.0 Å². The summed E-state index contributed by atoms with van der Waals surface area (Å²) in [6.07, 6.45) is -0.0925. The number of benzene rings is 1. The number of hydrogen-bond acceptors (Lipinski definition) is 9. The van der Waals surface area contributed by atoms with Crippen molar-refractivity contribution in [1.82, 2.24) is 25.0 Å². The molecule has 0 radical (unpaired) electrons. The number of aromatic nitrogens is 5. The van der Waals surface area contributed by atoms with E-state index < -0.39 is 24.4 Å². The Morgan fingerprint density at radius 1 is 1.09 bits per heavy atom. The predicted octanol–water partition coefficient (Wildman–Crippen LogP) is 1.79. The van der Waals surface area contributed by atoms with Crippen LogP contribution in [0, 0.1) is 5.92 Å². The summed E-state index contributed by atoms with van der Waals surface area (Å²) in [6, 6.07) is 10.2. The molecule has 2 fully saturated rings. The molecule has 0 aliphatic heterocycles. The number of nitrogens with zero attached hydrogens (tertiary/aromatic N) is 5. The molecule has 10 heteroatoms. The van der Waals surface area contributed by atoms with Crippen LogP contribution in [-0.2, 0) is 6.42 Å². The highest BCUT2D eigenvalue weighted by atomic mass is 32.2. The predicted molar refractivity (Wildman–Crippen MR) is 121 cm³/mol. The van der Waals surface area contributed by atoms with Crippen molar-refractivity contribution in [3.63, 3.8) is 0 Å². The minimum absolute atomic E-state index is 0.187. The molecular formula is C22H28N6O3S. The summed E-state index contributed by atoms with van der Waals surface area (Å²) in [6.45, 7) is 2.10. The van der Waals surface area contributed by atoms with E-state index in [-0.39, 0.29) is 6.42 Å². The summed E-state index contributed by atoms with van der Waals surface area (Å²) >= 11 is 1.56. The lowest BCUT2D eigenvalue weighted by Crippen LogP contribution is -2.31. The molecule has 0 bridgehead atoms. The molecule has 0 unspecified atom stereocenters. The van der Waals surface area contributed by atoms with Crippen molar-refractivity contribution in [2.75, 3.05) is 11.1 Å². The molecule has 2 aromatic heterocycles. The smallest absolute Gasteiger partial charge is 0.191 e. The Morgan fingerprint density at radius 2 is 1.91 bits per heavy atom. The Labute approximate surface area is 190 Å². The summed E-state index contributed by atoms with van der Waals surface area (Å²) in [5, 5.41) is 43.1. The summed E-state index contributed by atoms with van der Waals surface area (Å²) in [4.78, 5) is 9.36. The number of aliphatic hydroxyl groups excluding tert-OH is 3. The minimum atomic E-state index is -1.21. The molecule has 4 N–H and O–H groups in total.